The van der Waals surface area contributed by atoms with Crippen molar-refractivity contribution in [2.45, 2.75) is 52.6 Å². The van der Waals surface area contributed by atoms with Gasteiger partial charge in [-0.25, -0.2) is 0 Å². The van der Waals surface area contributed by atoms with Crippen molar-refractivity contribution in [3.63, 3.8) is 0 Å². The number of carbonyl (C=O) groups excluding carboxylic acids is 2. The zero-order valence-corrected chi connectivity index (χ0v) is 23.4. The van der Waals surface area contributed by atoms with E-state index in [1.807, 2.05) is 35.2 Å². The molecule has 210 valence electrons. The fourth-order valence-electron chi connectivity index (χ4n) is 4.78. The molecule has 11 nitrogen and oxygen atoms in total. The van der Waals surface area contributed by atoms with Gasteiger partial charge in [-0.2, -0.15) is 0 Å². The van der Waals surface area contributed by atoms with Crippen molar-refractivity contribution in [1.29, 1.82) is 0 Å². The van der Waals surface area contributed by atoms with Gasteiger partial charge in [0.25, 0.3) is 0 Å². The third-order valence-corrected chi connectivity index (χ3v) is 6.96. The number of likely N-dealkylation sites (N-methyl/N-ethyl adjacent to an activating group) is 2. The number of carbonyl (C=O) groups is 4. The second-order valence-corrected chi connectivity index (χ2v) is 11.9. The number of nitrogens with one attached hydrogen (secondary N) is 1. The lowest BCUT2D eigenvalue weighted by atomic mass is 9.70. The number of nitrogens with zero attached hydrogens (tertiary/aromatic N) is 2. The number of aliphatic hydroxyl groups excluding tert-OH is 1. The van der Waals surface area contributed by atoms with Gasteiger partial charge in [-0.05, 0) is 19.3 Å². The lowest BCUT2D eigenvalue weighted by Gasteiger charge is -2.35. The van der Waals surface area contributed by atoms with Crippen LogP contribution in [0.25, 0.3) is 0 Å². The second-order valence-electron chi connectivity index (χ2n) is 11.9. The Morgan fingerprint density at radius 1 is 0.944 bits per heavy atom. The van der Waals surface area contributed by atoms with Gasteiger partial charge in [-0.3, -0.25) is 19.2 Å². The number of primary amides is 1. The number of aliphatic hydroxyl groups is 1. The minimum absolute atomic E-state index is 0.0859. The summed E-state index contributed by atoms with van der Waals surface area (Å²) in [6.07, 6.45) is 0.337. The summed E-state index contributed by atoms with van der Waals surface area (Å²) in [6, 6.07) is 0. The number of hydrogen-bond donors (Lipinski definition) is 5. The van der Waals surface area contributed by atoms with Crippen molar-refractivity contribution in [1.82, 2.24) is 5.32 Å². The van der Waals surface area contributed by atoms with Gasteiger partial charge in [0.15, 0.2) is 6.10 Å². The van der Waals surface area contributed by atoms with E-state index in [0.717, 1.165) is 0 Å². The van der Waals surface area contributed by atoms with Gasteiger partial charge in [0.05, 0.1) is 59.5 Å². The summed E-state index contributed by atoms with van der Waals surface area (Å²) in [4.78, 5) is 49.0. The molecule has 11 heteroatoms. The van der Waals surface area contributed by atoms with E-state index in [4.69, 9.17) is 5.73 Å². The monoisotopic (exact) mass is 518 g/mol. The fourth-order valence-corrected chi connectivity index (χ4v) is 4.78. The highest BCUT2D eigenvalue weighted by Gasteiger charge is 2.46. The van der Waals surface area contributed by atoms with E-state index in [1.165, 1.54) is 0 Å². The van der Waals surface area contributed by atoms with Crippen molar-refractivity contribution in [2.75, 3.05) is 61.4 Å². The smallest absolute Gasteiger partial charge is 0.308 e. The Labute approximate surface area is 215 Å². The van der Waals surface area contributed by atoms with Crippen molar-refractivity contribution >= 4 is 23.8 Å². The molecule has 0 aromatic rings. The molecule has 5 unspecified atom stereocenters. The topological polar surface area (TPSA) is 167 Å². The quantitative estimate of drug-likeness (QED) is 0.129. The minimum atomic E-state index is -1.53. The molecule has 6 N–H and O–H groups in total. The summed E-state index contributed by atoms with van der Waals surface area (Å²) in [6.45, 7) is 7.22. The SMILES string of the molecule is CCC(C(N)=O)C(C(=O)O)C(CC(C)(CC)C(=O)NCCC[N+](C)(C)CC(O)C[N+](C)(C)C)C(=O)O. The third-order valence-electron chi connectivity index (χ3n) is 6.96. The van der Waals surface area contributed by atoms with Crippen LogP contribution in [0, 0.1) is 23.2 Å². The van der Waals surface area contributed by atoms with Crippen LogP contribution < -0.4 is 11.1 Å². The summed E-state index contributed by atoms with van der Waals surface area (Å²) in [5, 5.41) is 32.8. The van der Waals surface area contributed by atoms with Gasteiger partial charge >= 0.3 is 11.9 Å². The molecule has 0 spiro atoms. The van der Waals surface area contributed by atoms with Crippen LogP contribution in [0.2, 0.25) is 0 Å². The van der Waals surface area contributed by atoms with E-state index < -0.39 is 47.1 Å². The van der Waals surface area contributed by atoms with Crippen LogP contribution in [0.3, 0.4) is 0 Å². The molecular weight excluding hydrogens is 468 g/mol. The molecule has 0 aromatic heterocycles. The van der Waals surface area contributed by atoms with E-state index in [0.29, 0.717) is 48.0 Å². The Morgan fingerprint density at radius 3 is 1.89 bits per heavy atom. The van der Waals surface area contributed by atoms with Crippen molar-refractivity contribution < 1.29 is 43.5 Å². The highest BCUT2D eigenvalue weighted by Crippen LogP contribution is 2.37. The van der Waals surface area contributed by atoms with Gasteiger partial charge in [0.1, 0.15) is 13.1 Å². The normalized spacial score (nSPS) is 17.4. The predicted octanol–water partition coefficient (Wildman–Crippen LogP) is 0.356. The van der Waals surface area contributed by atoms with Gasteiger partial charge in [0.2, 0.25) is 11.8 Å². The van der Waals surface area contributed by atoms with E-state index >= 15 is 0 Å². The summed E-state index contributed by atoms with van der Waals surface area (Å²) >= 11 is 0. The van der Waals surface area contributed by atoms with Gasteiger partial charge in [-0.1, -0.05) is 20.8 Å². The first-order valence-corrected chi connectivity index (χ1v) is 12.6. The van der Waals surface area contributed by atoms with Crippen molar-refractivity contribution in [3.8, 4) is 0 Å². The molecule has 0 rings (SSSR count). The summed E-state index contributed by atoms with van der Waals surface area (Å²) in [5.74, 6) is -8.15. The van der Waals surface area contributed by atoms with Crippen LogP contribution in [-0.4, -0.2) is 116 Å². The lowest BCUT2D eigenvalue weighted by molar-refractivity contribution is -0.907. The molecule has 0 aliphatic heterocycles. The van der Waals surface area contributed by atoms with Gasteiger partial charge < -0.3 is 35.3 Å². The molecule has 0 fully saturated rings. The third kappa shape index (κ3) is 11.2. The molecule has 0 heterocycles. The second kappa shape index (κ2) is 13.9. The highest BCUT2D eigenvalue weighted by molar-refractivity contribution is 5.88. The first-order chi connectivity index (χ1) is 16.3. The lowest BCUT2D eigenvalue weighted by Crippen LogP contribution is -2.52. The van der Waals surface area contributed by atoms with Gasteiger partial charge in [0, 0.05) is 18.4 Å². The summed E-state index contributed by atoms with van der Waals surface area (Å²) in [7, 11) is 10.1. The van der Waals surface area contributed by atoms with Crippen LogP contribution in [0.4, 0.5) is 0 Å². The summed E-state index contributed by atoms with van der Waals surface area (Å²) < 4.78 is 1.24. The maximum atomic E-state index is 13.1. The maximum Gasteiger partial charge on any atom is 0.308 e. The Kier molecular flexibility index (Phi) is 13.0. The standard InChI is InChI=1S/C25H48N4O7/c1-9-18(21(26)31)20(23(34)35)19(22(32)33)14-25(3,10-2)24(36)27-12-11-13-29(7,8)16-17(30)15-28(4,5)6/h17-20,30H,9-16H2,1-8H3,(H3-2,26,27,31,32,33,34,35,36)/p+2. The van der Waals surface area contributed by atoms with Crippen LogP contribution in [0.15, 0.2) is 0 Å². The Hall–Kier alpha value is -2.24. The number of nitrogens with two attached hydrogens (primary N) is 1. The number of hydrogen-bond acceptors (Lipinski definition) is 5. The van der Waals surface area contributed by atoms with Crippen LogP contribution >= 0.6 is 0 Å². The van der Waals surface area contributed by atoms with Gasteiger partial charge in [-0.15, -0.1) is 0 Å². The molecule has 0 saturated carbocycles. The number of aliphatic carboxylic acids is 2. The molecular formula is C25H50N4O7+2. The molecule has 0 aliphatic rings. The van der Waals surface area contributed by atoms with E-state index in [9.17, 15) is 34.5 Å². The zero-order valence-electron chi connectivity index (χ0n) is 23.4. The average molecular weight is 519 g/mol. The molecule has 0 radical (unpaired) electrons. The number of carboxylic acid groups (broad SMARTS) is 2. The van der Waals surface area contributed by atoms with E-state index in [2.05, 4.69) is 5.32 Å². The number of rotatable bonds is 18. The van der Waals surface area contributed by atoms with E-state index in [-0.39, 0.29) is 18.7 Å². The Morgan fingerprint density at radius 2 is 1.50 bits per heavy atom. The number of amides is 2. The first-order valence-electron chi connectivity index (χ1n) is 12.6. The zero-order chi connectivity index (χ0) is 28.5. The molecule has 0 aliphatic carbocycles. The Bertz CT molecular complexity index is 766. The summed E-state index contributed by atoms with van der Waals surface area (Å²) in [5.41, 5.74) is 4.22. The van der Waals surface area contributed by atoms with Crippen molar-refractivity contribution in [3.05, 3.63) is 0 Å². The molecule has 2 amide bonds. The largest absolute Gasteiger partial charge is 0.481 e. The maximum absolute atomic E-state index is 13.1. The molecule has 36 heavy (non-hydrogen) atoms. The van der Waals surface area contributed by atoms with Crippen LogP contribution in [-0.2, 0) is 19.2 Å². The van der Waals surface area contributed by atoms with Crippen LogP contribution in [0.5, 0.6) is 0 Å². The van der Waals surface area contributed by atoms with Crippen molar-refractivity contribution in [2.24, 2.45) is 28.9 Å². The Balaban J connectivity index is 5.28. The highest BCUT2D eigenvalue weighted by atomic mass is 16.4. The molecule has 0 aromatic carbocycles. The molecule has 5 atom stereocenters. The minimum Gasteiger partial charge on any atom is -0.481 e. The predicted molar refractivity (Wildman–Crippen MR) is 137 cm³/mol. The fraction of sp³-hybridized carbons (Fsp3) is 0.840. The average Bonchev–Trinajstić information content (AvgIpc) is 2.70. The van der Waals surface area contributed by atoms with E-state index in [1.54, 1.807) is 20.8 Å². The number of quaternary nitrogens is 2. The first kappa shape index (κ1) is 33.8. The molecule has 0 saturated heterocycles. The van der Waals surface area contributed by atoms with Crippen LogP contribution in [0.1, 0.15) is 46.5 Å². The number of carboxylic acids is 2. The molecule has 0 bridgehead atoms.